The van der Waals surface area contributed by atoms with Crippen LogP contribution in [-0.4, -0.2) is 13.1 Å². The molecule has 1 aromatic carbocycles. The summed E-state index contributed by atoms with van der Waals surface area (Å²) in [4.78, 5) is 2.51. The van der Waals surface area contributed by atoms with Crippen molar-refractivity contribution in [3.05, 3.63) is 71.9 Å². The Morgan fingerprint density at radius 2 is 1.89 bits per heavy atom. The first-order chi connectivity index (χ1) is 13.5. The van der Waals surface area contributed by atoms with Gasteiger partial charge in [0.05, 0.1) is 0 Å². The molecule has 0 saturated heterocycles. The van der Waals surface area contributed by atoms with Crippen LogP contribution in [0.2, 0.25) is 0 Å². The summed E-state index contributed by atoms with van der Waals surface area (Å²) in [7, 11) is 0. The molecule has 1 aliphatic carbocycles. The number of unbranched alkanes of at least 4 members (excludes halogenated alkanes) is 3. The summed E-state index contributed by atoms with van der Waals surface area (Å²) in [6.07, 6.45) is 15.6. The van der Waals surface area contributed by atoms with Crippen LogP contribution in [0.15, 0.2) is 60.7 Å². The van der Waals surface area contributed by atoms with Gasteiger partial charge in [0.1, 0.15) is 0 Å². The largest absolute Gasteiger partial charge is 0.372 e. The van der Waals surface area contributed by atoms with Gasteiger partial charge >= 0.3 is 0 Å². The molecule has 0 N–H and O–H groups in total. The zero-order valence-electron chi connectivity index (χ0n) is 18.6. The van der Waals surface area contributed by atoms with Crippen LogP contribution in [0.3, 0.4) is 0 Å². The minimum absolute atomic E-state index is 0.187. The number of nitrogens with zero attached hydrogens (tertiary/aromatic N) is 1. The highest BCUT2D eigenvalue weighted by Crippen LogP contribution is 2.41. The van der Waals surface area contributed by atoms with Crippen LogP contribution in [0.1, 0.15) is 70.9 Å². The van der Waals surface area contributed by atoms with Gasteiger partial charge < -0.3 is 4.90 Å². The van der Waals surface area contributed by atoms with E-state index in [1.165, 1.54) is 47.2 Å². The summed E-state index contributed by atoms with van der Waals surface area (Å²) in [5.74, 6) is 0. The minimum atomic E-state index is 0.187. The van der Waals surface area contributed by atoms with Gasteiger partial charge in [-0.05, 0) is 78.8 Å². The molecule has 0 radical (unpaired) electrons. The summed E-state index contributed by atoms with van der Waals surface area (Å²) in [5, 5.41) is 0. The van der Waals surface area contributed by atoms with Gasteiger partial charge in [-0.15, -0.1) is 6.58 Å². The molecule has 0 unspecified atom stereocenters. The molecular formula is C27H39N. The van der Waals surface area contributed by atoms with E-state index >= 15 is 0 Å². The minimum Gasteiger partial charge on any atom is -0.372 e. The quantitative estimate of drug-likeness (QED) is 0.281. The topological polar surface area (TPSA) is 3.24 Å². The Morgan fingerprint density at radius 3 is 2.54 bits per heavy atom. The van der Waals surface area contributed by atoms with Crippen LogP contribution in [-0.2, 0) is 6.42 Å². The van der Waals surface area contributed by atoms with Gasteiger partial charge in [-0.2, -0.15) is 0 Å². The summed E-state index contributed by atoms with van der Waals surface area (Å²) in [6.45, 7) is 19.2. The lowest BCUT2D eigenvalue weighted by molar-refractivity contribution is 0.435. The second-order valence-corrected chi connectivity index (χ2v) is 8.50. The Hall–Kier alpha value is -2.02. The molecule has 0 spiro atoms. The van der Waals surface area contributed by atoms with E-state index in [1.807, 2.05) is 12.2 Å². The van der Waals surface area contributed by atoms with Crippen LogP contribution in [0.4, 0.5) is 5.69 Å². The smallest absolute Gasteiger partial charge is 0.0369 e. The normalized spacial score (nSPS) is 15.1. The van der Waals surface area contributed by atoms with Gasteiger partial charge in [0.25, 0.3) is 0 Å². The van der Waals surface area contributed by atoms with Gasteiger partial charge in [0.15, 0.2) is 0 Å². The highest BCUT2D eigenvalue weighted by atomic mass is 15.1. The predicted molar refractivity (Wildman–Crippen MR) is 127 cm³/mol. The van der Waals surface area contributed by atoms with E-state index in [1.54, 1.807) is 0 Å². The number of hydrogen-bond donors (Lipinski definition) is 0. The molecular weight excluding hydrogens is 338 g/mol. The standard InChI is InChI=1S/C27H39N/c1-7-11-12-13-14-18-28(10-4)25-17-16-22-21-26(27(5,6)9-3)23(15-8-2)19-24(22)20-25/h7-8,15-17,20-21H,1-2,9-14,18-19H2,3-6H3/b23-15-. The third kappa shape index (κ3) is 5.50. The third-order valence-electron chi connectivity index (χ3n) is 6.17. The van der Waals surface area contributed by atoms with Crippen molar-refractivity contribution in [1.29, 1.82) is 0 Å². The second kappa shape index (κ2) is 10.5. The number of fused-ring (bicyclic) bond motifs is 1. The van der Waals surface area contributed by atoms with Crippen LogP contribution in [0.25, 0.3) is 6.08 Å². The average molecular weight is 378 g/mol. The summed E-state index contributed by atoms with van der Waals surface area (Å²) >= 11 is 0. The average Bonchev–Trinajstić information content (AvgIpc) is 2.70. The number of benzene rings is 1. The SMILES string of the molecule is C=C/C=C1/Cc2cc(N(CC)CCCCCC=C)ccc2C=C1C(C)(C)CC. The zero-order valence-corrected chi connectivity index (χ0v) is 18.6. The van der Waals surface area contributed by atoms with Gasteiger partial charge in [0.2, 0.25) is 0 Å². The molecule has 28 heavy (non-hydrogen) atoms. The molecule has 152 valence electrons. The maximum absolute atomic E-state index is 3.95. The van der Waals surface area contributed by atoms with E-state index in [9.17, 15) is 0 Å². The van der Waals surface area contributed by atoms with Gasteiger partial charge in [-0.3, -0.25) is 0 Å². The Kier molecular flexibility index (Phi) is 8.35. The maximum Gasteiger partial charge on any atom is 0.0369 e. The fraction of sp³-hybridized carbons (Fsp3) is 0.481. The van der Waals surface area contributed by atoms with E-state index in [4.69, 9.17) is 0 Å². The Labute approximate surface area is 173 Å². The summed E-state index contributed by atoms with van der Waals surface area (Å²) < 4.78 is 0. The highest BCUT2D eigenvalue weighted by Gasteiger charge is 2.27. The van der Waals surface area contributed by atoms with Crippen LogP contribution >= 0.6 is 0 Å². The van der Waals surface area contributed by atoms with Gasteiger partial charge in [0, 0.05) is 18.8 Å². The first-order valence-corrected chi connectivity index (χ1v) is 11.0. The van der Waals surface area contributed by atoms with Crippen molar-refractivity contribution in [3.8, 4) is 0 Å². The second-order valence-electron chi connectivity index (χ2n) is 8.50. The van der Waals surface area contributed by atoms with Crippen LogP contribution < -0.4 is 4.90 Å². The van der Waals surface area contributed by atoms with Crippen molar-refractivity contribution < 1.29 is 0 Å². The van der Waals surface area contributed by atoms with Crippen LogP contribution in [0.5, 0.6) is 0 Å². The van der Waals surface area contributed by atoms with Crippen molar-refractivity contribution >= 4 is 11.8 Å². The molecule has 0 heterocycles. The fourth-order valence-corrected chi connectivity index (χ4v) is 3.98. The van der Waals surface area contributed by atoms with Gasteiger partial charge in [-0.25, -0.2) is 0 Å². The molecule has 0 atom stereocenters. The third-order valence-corrected chi connectivity index (χ3v) is 6.17. The van der Waals surface area contributed by atoms with E-state index in [-0.39, 0.29) is 5.41 Å². The first kappa shape index (κ1) is 22.3. The number of rotatable bonds is 11. The summed E-state index contributed by atoms with van der Waals surface area (Å²) in [5.41, 5.74) is 7.24. The molecule has 1 nitrogen and oxygen atoms in total. The molecule has 1 aliphatic rings. The zero-order chi connectivity index (χ0) is 20.6. The van der Waals surface area contributed by atoms with E-state index < -0.39 is 0 Å². The molecule has 0 fully saturated rings. The monoisotopic (exact) mass is 377 g/mol. The Bertz CT molecular complexity index is 733. The molecule has 0 amide bonds. The molecule has 1 heteroatoms. The molecule has 2 rings (SSSR count). The fourth-order valence-electron chi connectivity index (χ4n) is 3.98. The first-order valence-electron chi connectivity index (χ1n) is 11.0. The lowest BCUT2D eigenvalue weighted by Gasteiger charge is -2.33. The number of anilines is 1. The van der Waals surface area contributed by atoms with Crippen molar-refractivity contribution in [2.24, 2.45) is 5.41 Å². The van der Waals surface area contributed by atoms with Crippen molar-refractivity contribution in [2.75, 3.05) is 18.0 Å². The van der Waals surface area contributed by atoms with E-state index in [2.05, 4.69) is 76.1 Å². The Morgan fingerprint density at radius 1 is 1.11 bits per heavy atom. The lowest BCUT2D eigenvalue weighted by atomic mass is 9.72. The molecule has 1 aromatic rings. The van der Waals surface area contributed by atoms with Crippen LogP contribution in [0, 0.1) is 5.41 Å². The van der Waals surface area contributed by atoms with Crippen molar-refractivity contribution in [1.82, 2.24) is 0 Å². The maximum atomic E-state index is 3.95. The molecule has 0 bridgehead atoms. The number of allylic oxidation sites excluding steroid dienone is 5. The van der Waals surface area contributed by atoms with Crippen molar-refractivity contribution in [3.63, 3.8) is 0 Å². The highest BCUT2D eigenvalue weighted by molar-refractivity contribution is 5.70. The predicted octanol–water partition coefficient (Wildman–Crippen LogP) is 7.75. The van der Waals surface area contributed by atoms with E-state index in [0.717, 1.165) is 32.4 Å². The lowest BCUT2D eigenvalue weighted by Crippen LogP contribution is -2.24. The van der Waals surface area contributed by atoms with Gasteiger partial charge in [-0.1, -0.05) is 64.1 Å². The molecule has 0 saturated carbocycles. The van der Waals surface area contributed by atoms with Crippen molar-refractivity contribution in [2.45, 2.75) is 66.2 Å². The molecule has 0 aliphatic heterocycles. The number of hydrogen-bond acceptors (Lipinski definition) is 1. The Balaban J connectivity index is 2.24. The summed E-state index contributed by atoms with van der Waals surface area (Å²) in [6, 6.07) is 7.04. The van der Waals surface area contributed by atoms with E-state index in [0.29, 0.717) is 0 Å². The molecule has 0 aromatic heterocycles.